The highest BCUT2D eigenvalue weighted by molar-refractivity contribution is 5.77. The van der Waals surface area contributed by atoms with Crippen LogP contribution in [0.4, 0.5) is 0 Å². The molecule has 0 saturated heterocycles. The summed E-state index contributed by atoms with van der Waals surface area (Å²) >= 11 is 0. The standard InChI is InChI=1S/C13H20N2O2/c1-2-7-17-10-13(16)15-9-12-6-4-3-5-11(12)8-14/h3-6H,2,7-10,14H2,1H3,(H,15,16). The lowest BCUT2D eigenvalue weighted by atomic mass is 10.1. The molecule has 0 spiro atoms. The number of hydrogen-bond acceptors (Lipinski definition) is 3. The van der Waals surface area contributed by atoms with Crippen molar-refractivity contribution in [3.8, 4) is 0 Å². The Kier molecular flexibility index (Phi) is 6.29. The van der Waals surface area contributed by atoms with Gasteiger partial charge in [-0.2, -0.15) is 0 Å². The van der Waals surface area contributed by atoms with Gasteiger partial charge < -0.3 is 15.8 Å². The Labute approximate surface area is 102 Å². The normalized spacial score (nSPS) is 10.2. The van der Waals surface area contributed by atoms with Crippen molar-refractivity contribution in [2.24, 2.45) is 5.73 Å². The van der Waals surface area contributed by atoms with E-state index >= 15 is 0 Å². The van der Waals surface area contributed by atoms with Crippen LogP contribution < -0.4 is 11.1 Å². The summed E-state index contributed by atoms with van der Waals surface area (Å²) in [4.78, 5) is 11.4. The Balaban J connectivity index is 2.36. The zero-order chi connectivity index (χ0) is 12.5. The van der Waals surface area contributed by atoms with Crippen LogP contribution in [0.1, 0.15) is 24.5 Å². The van der Waals surface area contributed by atoms with Gasteiger partial charge >= 0.3 is 0 Å². The molecule has 0 unspecified atom stereocenters. The number of carbonyl (C=O) groups excluding carboxylic acids is 1. The summed E-state index contributed by atoms with van der Waals surface area (Å²) in [7, 11) is 0. The van der Waals surface area contributed by atoms with Crippen molar-refractivity contribution < 1.29 is 9.53 Å². The molecule has 1 aromatic rings. The van der Waals surface area contributed by atoms with Gasteiger partial charge in [0.25, 0.3) is 0 Å². The van der Waals surface area contributed by atoms with E-state index in [1.807, 2.05) is 31.2 Å². The third kappa shape index (κ3) is 4.97. The van der Waals surface area contributed by atoms with E-state index in [1.54, 1.807) is 0 Å². The Morgan fingerprint density at radius 3 is 2.71 bits per heavy atom. The van der Waals surface area contributed by atoms with Crippen LogP contribution in [0, 0.1) is 0 Å². The molecule has 0 heterocycles. The van der Waals surface area contributed by atoms with Crippen molar-refractivity contribution in [3.05, 3.63) is 35.4 Å². The van der Waals surface area contributed by atoms with Gasteiger partial charge in [-0.25, -0.2) is 0 Å². The molecule has 0 saturated carbocycles. The molecule has 0 aliphatic carbocycles. The first-order valence-corrected chi connectivity index (χ1v) is 5.89. The lowest BCUT2D eigenvalue weighted by Crippen LogP contribution is -2.27. The second-order valence-corrected chi connectivity index (χ2v) is 3.80. The van der Waals surface area contributed by atoms with E-state index in [0.717, 1.165) is 17.5 Å². The number of hydrogen-bond donors (Lipinski definition) is 2. The van der Waals surface area contributed by atoms with Crippen LogP contribution in [0.3, 0.4) is 0 Å². The largest absolute Gasteiger partial charge is 0.372 e. The minimum Gasteiger partial charge on any atom is -0.372 e. The first-order chi connectivity index (χ1) is 8.27. The van der Waals surface area contributed by atoms with E-state index in [4.69, 9.17) is 10.5 Å². The fourth-order valence-electron chi connectivity index (χ4n) is 1.48. The van der Waals surface area contributed by atoms with Crippen molar-refractivity contribution in [3.63, 3.8) is 0 Å². The molecule has 0 bridgehead atoms. The molecule has 0 radical (unpaired) electrons. The lowest BCUT2D eigenvalue weighted by Gasteiger charge is -2.09. The zero-order valence-corrected chi connectivity index (χ0v) is 10.2. The van der Waals surface area contributed by atoms with Crippen LogP contribution in [-0.2, 0) is 22.6 Å². The van der Waals surface area contributed by atoms with Crippen LogP contribution >= 0.6 is 0 Å². The van der Waals surface area contributed by atoms with Crippen molar-refractivity contribution in [2.45, 2.75) is 26.4 Å². The van der Waals surface area contributed by atoms with Gasteiger partial charge in [-0.15, -0.1) is 0 Å². The highest BCUT2D eigenvalue weighted by Crippen LogP contribution is 2.07. The van der Waals surface area contributed by atoms with Gasteiger partial charge in [-0.05, 0) is 17.5 Å². The molecule has 0 aliphatic heterocycles. The van der Waals surface area contributed by atoms with Gasteiger partial charge in [0.05, 0.1) is 0 Å². The average Bonchev–Trinajstić information content (AvgIpc) is 2.37. The zero-order valence-electron chi connectivity index (χ0n) is 10.2. The monoisotopic (exact) mass is 236 g/mol. The molecule has 4 nitrogen and oxygen atoms in total. The molecule has 0 atom stereocenters. The second-order valence-electron chi connectivity index (χ2n) is 3.80. The Morgan fingerprint density at radius 1 is 1.35 bits per heavy atom. The number of rotatable bonds is 7. The maximum atomic E-state index is 11.4. The van der Waals surface area contributed by atoms with Crippen molar-refractivity contribution in [1.82, 2.24) is 5.32 Å². The average molecular weight is 236 g/mol. The smallest absolute Gasteiger partial charge is 0.246 e. The van der Waals surface area contributed by atoms with Crippen molar-refractivity contribution >= 4 is 5.91 Å². The summed E-state index contributed by atoms with van der Waals surface area (Å²) in [5.74, 6) is -0.0923. The van der Waals surface area contributed by atoms with Gasteiger partial charge in [0.15, 0.2) is 0 Å². The molecule has 94 valence electrons. The first kappa shape index (κ1) is 13.7. The van der Waals surface area contributed by atoms with E-state index in [2.05, 4.69) is 5.32 Å². The van der Waals surface area contributed by atoms with Gasteiger partial charge in [-0.3, -0.25) is 4.79 Å². The van der Waals surface area contributed by atoms with E-state index in [0.29, 0.717) is 19.7 Å². The molecule has 0 aliphatic rings. The fourth-order valence-corrected chi connectivity index (χ4v) is 1.48. The number of nitrogens with two attached hydrogens (primary N) is 1. The van der Waals surface area contributed by atoms with Gasteiger partial charge in [0.2, 0.25) is 5.91 Å². The van der Waals surface area contributed by atoms with Crippen molar-refractivity contribution in [1.29, 1.82) is 0 Å². The number of ether oxygens (including phenoxy) is 1. The SMILES string of the molecule is CCCOCC(=O)NCc1ccccc1CN. The molecule has 3 N–H and O–H groups in total. The van der Waals surface area contributed by atoms with Crippen molar-refractivity contribution in [2.75, 3.05) is 13.2 Å². The summed E-state index contributed by atoms with van der Waals surface area (Å²) in [6.07, 6.45) is 0.920. The molecule has 1 amide bonds. The molecular formula is C13H20N2O2. The molecule has 1 rings (SSSR count). The first-order valence-electron chi connectivity index (χ1n) is 5.89. The van der Waals surface area contributed by atoms with E-state index in [-0.39, 0.29) is 12.5 Å². The maximum absolute atomic E-state index is 11.4. The molecule has 1 aromatic carbocycles. The van der Waals surface area contributed by atoms with Crippen LogP contribution in [-0.4, -0.2) is 19.1 Å². The highest BCUT2D eigenvalue weighted by Gasteiger charge is 2.03. The molecular weight excluding hydrogens is 216 g/mol. The summed E-state index contributed by atoms with van der Waals surface area (Å²) < 4.78 is 5.15. The van der Waals surface area contributed by atoms with Gasteiger partial charge in [-0.1, -0.05) is 31.2 Å². The number of carbonyl (C=O) groups is 1. The Morgan fingerprint density at radius 2 is 2.06 bits per heavy atom. The summed E-state index contributed by atoms with van der Waals surface area (Å²) in [5.41, 5.74) is 7.73. The van der Waals surface area contributed by atoms with E-state index in [1.165, 1.54) is 0 Å². The molecule has 0 fully saturated rings. The number of amides is 1. The summed E-state index contributed by atoms with van der Waals surface area (Å²) in [6, 6.07) is 7.82. The minimum atomic E-state index is -0.0923. The Bertz CT molecular complexity index is 353. The number of nitrogens with one attached hydrogen (secondary N) is 1. The van der Waals surface area contributed by atoms with Crippen LogP contribution in [0.2, 0.25) is 0 Å². The third-order valence-corrected chi connectivity index (χ3v) is 2.40. The summed E-state index contributed by atoms with van der Waals surface area (Å²) in [6.45, 7) is 3.74. The predicted molar refractivity (Wildman–Crippen MR) is 67.3 cm³/mol. The third-order valence-electron chi connectivity index (χ3n) is 2.40. The van der Waals surface area contributed by atoms with Crippen LogP contribution in [0.15, 0.2) is 24.3 Å². The fraction of sp³-hybridized carbons (Fsp3) is 0.462. The highest BCUT2D eigenvalue weighted by atomic mass is 16.5. The Hall–Kier alpha value is -1.39. The van der Waals surface area contributed by atoms with Gasteiger partial charge in [0, 0.05) is 19.7 Å². The van der Waals surface area contributed by atoms with Gasteiger partial charge in [0.1, 0.15) is 6.61 Å². The molecule has 4 heteroatoms. The lowest BCUT2D eigenvalue weighted by molar-refractivity contribution is -0.125. The molecule has 0 aromatic heterocycles. The predicted octanol–water partition coefficient (Wildman–Crippen LogP) is 1.19. The van der Waals surface area contributed by atoms with E-state index < -0.39 is 0 Å². The van der Waals surface area contributed by atoms with E-state index in [9.17, 15) is 4.79 Å². The summed E-state index contributed by atoms with van der Waals surface area (Å²) in [5, 5.41) is 2.81. The van der Waals surface area contributed by atoms with Crippen LogP contribution in [0.25, 0.3) is 0 Å². The van der Waals surface area contributed by atoms with Crippen LogP contribution in [0.5, 0.6) is 0 Å². The molecule has 17 heavy (non-hydrogen) atoms. The second kappa shape index (κ2) is 7.81. The topological polar surface area (TPSA) is 64.3 Å². The maximum Gasteiger partial charge on any atom is 0.246 e. The quantitative estimate of drug-likeness (QED) is 0.699. The minimum absolute atomic E-state index is 0.0923. The number of benzene rings is 1.